The van der Waals surface area contributed by atoms with Gasteiger partial charge in [-0.1, -0.05) is 30.5 Å². The lowest BCUT2D eigenvalue weighted by atomic mass is 9.92. The SMILES string of the molecule is OC1(c2c(F)cccc2Cl)CCCC1. The van der Waals surface area contributed by atoms with Crippen LogP contribution < -0.4 is 0 Å². The van der Waals surface area contributed by atoms with Crippen LogP contribution in [-0.2, 0) is 5.60 Å². The molecule has 0 atom stereocenters. The molecule has 1 N–H and O–H groups in total. The maximum atomic E-state index is 13.5. The molecule has 1 aromatic carbocycles. The van der Waals surface area contributed by atoms with E-state index in [0.29, 0.717) is 17.9 Å². The van der Waals surface area contributed by atoms with Gasteiger partial charge in [-0.3, -0.25) is 0 Å². The second-order valence-corrected chi connectivity index (χ2v) is 4.24. The van der Waals surface area contributed by atoms with Crippen molar-refractivity contribution in [2.24, 2.45) is 0 Å². The van der Waals surface area contributed by atoms with Crippen molar-refractivity contribution in [3.8, 4) is 0 Å². The largest absolute Gasteiger partial charge is 0.385 e. The van der Waals surface area contributed by atoms with E-state index in [1.807, 2.05) is 0 Å². The summed E-state index contributed by atoms with van der Waals surface area (Å²) in [4.78, 5) is 0. The molecule has 0 heterocycles. The van der Waals surface area contributed by atoms with Crippen molar-refractivity contribution < 1.29 is 9.50 Å². The van der Waals surface area contributed by atoms with Crippen LogP contribution in [0.1, 0.15) is 31.2 Å². The Kier molecular flexibility index (Phi) is 2.50. The van der Waals surface area contributed by atoms with Gasteiger partial charge >= 0.3 is 0 Å². The minimum atomic E-state index is -1.04. The number of rotatable bonds is 1. The van der Waals surface area contributed by atoms with Gasteiger partial charge in [0, 0.05) is 10.6 Å². The van der Waals surface area contributed by atoms with Crippen LogP contribution in [0.3, 0.4) is 0 Å². The number of aliphatic hydroxyl groups is 1. The van der Waals surface area contributed by atoms with Crippen molar-refractivity contribution >= 4 is 11.6 Å². The minimum Gasteiger partial charge on any atom is -0.385 e. The van der Waals surface area contributed by atoms with Gasteiger partial charge in [0.25, 0.3) is 0 Å². The van der Waals surface area contributed by atoms with Gasteiger partial charge in [-0.05, 0) is 25.0 Å². The Morgan fingerprint density at radius 3 is 2.50 bits per heavy atom. The molecule has 0 radical (unpaired) electrons. The second kappa shape index (κ2) is 3.52. The first-order chi connectivity index (χ1) is 6.63. The van der Waals surface area contributed by atoms with E-state index in [1.54, 1.807) is 12.1 Å². The lowest BCUT2D eigenvalue weighted by molar-refractivity contribution is 0.0409. The van der Waals surface area contributed by atoms with Crippen LogP contribution in [0.5, 0.6) is 0 Å². The molecule has 1 nitrogen and oxygen atoms in total. The van der Waals surface area contributed by atoms with E-state index >= 15 is 0 Å². The molecule has 14 heavy (non-hydrogen) atoms. The van der Waals surface area contributed by atoms with Crippen molar-refractivity contribution in [2.75, 3.05) is 0 Å². The predicted octanol–water partition coefficient (Wildman–Crippen LogP) is 3.24. The maximum Gasteiger partial charge on any atom is 0.130 e. The smallest absolute Gasteiger partial charge is 0.130 e. The molecule has 0 spiro atoms. The summed E-state index contributed by atoms with van der Waals surface area (Å²) in [6.07, 6.45) is 3.07. The van der Waals surface area contributed by atoms with Gasteiger partial charge in [-0.2, -0.15) is 0 Å². The number of hydrogen-bond acceptors (Lipinski definition) is 1. The summed E-state index contributed by atoms with van der Waals surface area (Å²) in [5.74, 6) is -0.401. The Labute approximate surface area is 87.5 Å². The molecular formula is C11H12ClFO. The highest BCUT2D eigenvalue weighted by atomic mass is 35.5. The highest BCUT2D eigenvalue weighted by Crippen LogP contribution is 2.42. The van der Waals surface area contributed by atoms with E-state index in [1.165, 1.54) is 6.07 Å². The molecule has 0 bridgehead atoms. The van der Waals surface area contributed by atoms with Crippen LogP contribution in [0.4, 0.5) is 4.39 Å². The van der Waals surface area contributed by atoms with Gasteiger partial charge in [-0.15, -0.1) is 0 Å². The van der Waals surface area contributed by atoms with E-state index < -0.39 is 11.4 Å². The molecule has 0 aliphatic heterocycles. The van der Waals surface area contributed by atoms with Crippen molar-refractivity contribution in [1.29, 1.82) is 0 Å². The minimum absolute atomic E-state index is 0.277. The lowest BCUT2D eigenvalue weighted by Crippen LogP contribution is -2.23. The van der Waals surface area contributed by atoms with Crippen molar-refractivity contribution in [3.63, 3.8) is 0 Å². The zero-order chi connectivity index (χ0) is 10.2. The monoisotopic (exact) mass is 214 g/mol. The molecule has 2 rings (SSSR count). The van der Waals surface area contributed by atoms with Crippen molar-refractivity contribution in [1.82, 2.24) is 0 Å². The van der Waals surface area contributed by atoms with Crippen LogP contribution in [0, 0.1) is 5.82 Å². The van der Waals surface area contributed by atoms with Gasteiger partial charge in [-0.25, -0.2) is 4.39 Å². The molecule has 1 saturated carbocycles. The Morgan fingerprint density at radius 1 is 1.29 bits per heavy atom. The molecule has 0 saturated heterocycles. The zero-order valence-corrected chi connectivity index (χ0v) is 8.52. The Morgan fingerprint density at radius 2 is 1.93 bits per heavy atom. The summed E-state index contributed by atoms with van der Waals surface area (Å²) in [6, 6.07) is 4.52. The van der Waals surface area contributed by atoms with E-state index in [9.17, 15) is 9.50 Å². The number of benzene rings is 1. The third-order valence-corrected chi connectivity index (χ3v) is 3.17. The highest BCUT2D eigenvalue weighted by molar-refractivity contribution is 6.31. The highest BCUT2D eigenvalue weighted by Gasteiger charge is 2.36. The Bertz CT molecular complexity index is 325. The molecule has 0 amide bonds. The summed E-state index contributed by atoms with van der Waals surface area (Å²) in [7, 11) is 0. The average molecular weight is 215 g/mol. The molecule has 1 aliphatic rings. The van der Waals surface area contributed by atoms with E-state index in [2.05, 4.69) is 0 Å². The standard InChI is InChI=1S/C11H12ClFO/c12-8-4-3-5-9(13)10(8)11(14)6-1-2-7-11/h3-5,14H,1-2,6-7H2. The third-order valence-electron chi connectivity index (χ3n) is 2.86. The van der Waals surface area contributed by atoms with Gasteiger partial charge in [0.1, 0.15) is 5.82 Å². The summed E-state index contributed by atoms with van der Waals surface area (Å²) in [6.45, 7) is 0. The Balaban J connectivity index is 2.49. The quantitative estimate of drug-likeness (QED) is 0.761. The molecule has 76 valence electrons. The molecule has 3 heteroatoms. The van der Waals surface area contributed by atoms with Gasteiger partial charge in [0.05, 0.1) is 5.60 Å². The molecule has 0 unspecified atom stereocenters. The molecule has 1 fully saturated rings. The van der Waals surface area contributed by atoms with Gasteiger partial charge in [0.15, 0.2) is 0 Å². The van der Waals surface area contributed by atoms with Crippen molar-refractivity contribution in [2.45, 2.75) is 31.3 Å². The maximum absolute atomic E-state index is 13.5. The third kappa shape index (κ3) is 1.53. The first-order valence-corrected chi connectivity index (χ1v) is 5.18. The van der Waals surface area contributed by atoms with Crippen LogP contribution in [0.25, 0.3) is 0 Å². The average Bonchev–Trinajstić information content (AvgIpc) is 2.52. The summed E-state index contributed by atoms with van der Waals surface area (Å²) in [5, 5.41) is 10.5. The summed E-state index contributed by atoms with van der Waals surface area (Å²) in [5.41, 5.74) is -0.762. The topological polar surface area (TPSA) is 20.2 Å². The van der Waals surface area contributed by atoms with Gasteiger partial charge < -0.3 is 5.11 Å². The van der Waals surface area contributed by atoms with Crippen LogP contribution in [0.2, 0.25) is 5.02 Å². The number of halogens is 2. The second-order valence-electron chi connectivity index (χ2n) is 3.84. The van der Waals surface area contributed by atoms with E-state index in [4.69, 9.17) is 11.6 Å². The molecule has 0 aromatic heterocycles. The summed E-state index contributed by atoms with van der Waals surface area (Å²) >= 11 is 5.90. The van der Waals surface area contributed by atoms with E-state index in [0.717, 1.165) is 12.8 Å². The van der Waals surface area contributed by atoms with Crippen LogP contribution >= 0.6 is 11.6 Å². The molecule has 1 aromatic rings. The summed E-state index contributed by atoms with van der Waals surface area (Å²) < 4.78 is 13.5. The normalized spacial score (nSPS) is 19.9. The molecular weight excluding hydrogens is 203 g/mol. The predicted molar refractivity (Wildman–Crippen MR) is 53.8 cm³/mol. The fraction of sp³-hybridized carbons (Fsp3) is 0.455. The number of hydrogen-bond donors (Lipinski definition) is 1. The molecule has 1 aliphatic carbocycles. The van der Waals surface area contributed by atoms with Crippen molar-refractivity contribution in [3.05, 3.63) is 34.6 Å². The van der Waals surface area contributed by atoms with Crippen LogP contribution in [-0.4, -0.2) is 5.11 Å². The fourth-order valence-corrected chi connectivity index (χ4v) is 2.49. The first kappa shape index (κ1) is 9.94. The first-order valence-electron chi connectivity index (χ1n) is 4.80. The van der Waals surface area contributed by atoms with E-state index in [-0.39, 0.29) is 5.56 Å². The van der Waals surface area contributed by atoms with Gasteiger partial charge in [0.2, 0.25) is 0 Å². The van der Waals surface area contributed by atoms with Crippen LogP contribution in [0.15, 0.2) is 18.2 Å². The Hall–Kier alpha value is -0.600. The lowest BCUT2D eigenvalue weighted by Gasteiger charge is -2.24. The fourth-order valence-electron chi connectivity index (χ4n) is 2.15. The zero-order valence-electron chi connectivity index (χ0n) is 7.76.